The molecular formula is C18H15NO6S. The first-order valence-electron chi connectivity index (χ1n) is 7.77. The summed E-state index contributed by atoms with van der Waals surface area (Å²) in [7, 11) is -3.55. The van der Waals surface area contributed by atoms with Crippen LogP contribution in [0.15, 0.2) is 47.4 Å². The second-order valence-corrected chi connectivity index (χ2v) is 7.76. The van der Waals surface area contributed by atoms with E-state index < -0.39 is 27.6 Å². The van der Waals surface area contributed by atoms with E-state index in [4.69, 9.17) is 4.84 Å². The molecule has 1 heterocycles. The Morgan fingerprint density at radius 2 is 1.62 bits per heavy atom. The second-order valence-electron chi connectivity index (χ2n) is 5.78. The summed E-state index contributed by atoms with van der Waals surface area (Å²) >= 11 is 0. The van der Waals surface area contributed by atoms with E-state index in [1.165, 1.54) is 30.3 Å². The summed E-state index contributed by atoms with van der Waals surface area (Å²) in [6.45, 7) is 1.79. The number of hydrogen-bond acceptors (Lipinski definition) is 6. The third kappa shape index (κ3) is 2.99. The van der Waals surface area contributed by atoms with Crippen LogP contribution in [0.5, 0.6) is 0 Å². The lowest BCUT2D eigenvalue weighted by atomic mass is 10.1. The van der Waals surface area contributed by atoms with Gasteiger partial charge in [0, 0.05) is 6.26 Å². The van der Waals surface area contributed by atoms with Gasteiger partial charge < -0.3 is 4.84 Å². The summed E-state index contributed by atoms with van der Waals surface area (Å²) < 4.78 is 23.8. The minimum absolute atomic E-state index is 0.0109. The number of hydroxylamine groups is 2. The van der Waals surface area contributed by atoms with Crippen LogP contribution in [-0.2, 0) is 21.1 Å². The molecule has 0 aliphatic carbocycles. The van der Waals surface area contributed by atoms with Gasteiger partial charge in [0.15, 0.2) is 9.84 Å². The molecule has 0 aromatic heterocycles. The standard InChI is InChI=1S/C18H15NO6S/c1-3-11-8-9-12(10-15(11)26(2,23)24)18(22)25-19-16(20)13-6-4-5-7-14(13)17(19)21/h4-10H,3H2,1-2H3. The molecule has 2 amide bonds. The Kier molecular flexibility index (Phi) is 4.37. The average molecular weight is 373 g/mol. The van der Waals surface area contributed by atoms with Crippen molar-refractivity contribution in [3.8, 4) is 0 Å². The van der Waals surface area contributed by atoms with Crippen molar-refractivity contribution >= 4 is 27.6 Å². The van der Waals surface area contributed by atoms with Gasteiger partial charge in [-0.25, -0.2) is 13.2 Å². The fourth-order valence-corrected chi connectivity index (χ4v) is 3.73. The Morgan fingerprint density at radius 1 is 1.04 bits per heavy atom. The third-order valence-corrected chi connectivity index (χ3v) is 5.19. The van der Waals surface area contributed by atoms with Crippen molar-refractivity contribution in [3.63, 3.8) is 0 Å². The van der Waals surface area contributed by atoms with Crippen molar-refractivity contribution in [2.24, 2.45) is 0 Å². The molecule has 0 saturated heterocycles. The highest BCUT2D eigenvalue weighted by atomic mass is 32.2. The number of hydrogen-bond donors (Lipinski definition) is 0. The first-order chi connectivity index (χ1) is 12.2. The molecule has 0 N–H and O–H groups in total. The van der Waals surface area contributed by atoms with Crippen LogP contribution >= 0.6 is 0 Å². The van der Waals surface area contributed by atoms with Crippen LogP contribution in [0.3, 0.4) is 0 Å². The molecular weight excluding hydrogens is 358 g/mol. The van der Waals surface area contributed by atoms with Gasteiger partial charge in [0.1, 0.15) is 0 Å². The zero-order chi connectivity index (χ0) is 19.1. The summed E-state index contributed by atoms with van der Waals surface area (Å²) in [5, 5.41) is 0.390. The number of sulfone groups is 1. The van der Waals surface area contributed by atoms with Gasteiger partial charge in [-0.1, -0.05) is 30.2 Å². The van der Waals surface area contributed by atoms with Gasteiger partial charge in [-0.3, -0.25) is 9.59 Å². The average Bonchev–Trinajstić information content (AvgIpc) is 2.85. The first kappa shape index (κ1) is 17.8. The summed E-state index contributed by atoms with van der Waals surface area (Å²) in [6.07, 6.45) is 1.51. The fraction of sp³-hybridized carbons (Fsp3) is 0.167. The molecule has 2 aromatic carbocycles. The summed E-state index contributed by atoms with van der Waals surface area (Å²) in [5.74, 6) is -2.48. The molecule has 0 unspecified atom stereocenters. The number of imide groups is 1. The number of nitrogens with zero attached hydrogens (tertiary/aromatic N) is 1. The lowest BCUT2D eigenvalue weighted by molar-refractivity contribution is -0.0584. The Morgan fingerprint density at radius 3 is 2.12 bits per heavy atom. The predicted octanol–water partition coefficient (Wildman–Crippen LogP) is 2.02. The Bertz CT molecular complexity index is 1010. The quantitative estimate of drug-likeness (QED) is 0.761. The van der Waals surface area contributed by atoms with Crippen LogP contribution in [-0.4, -0.2) is 37.5 Å². The monoisotopic (exact) mass is 373 g/mol. The highest BCUT2D eigenvalue weighted by Gasteiger charge is 2.38. The van der Waals surface area contributed by atoms with Crippen LogP contribution in [0.1, 0.15) is 43.6 Å². The summed E-state index contributed by atoms with van der Waals surface area (Å²) in [6, 6.07) is 10.2. The van der Waals surface area contributed by atoms with Crippen molar-refractivity contribution in [2.75, 3.05) is 6.26 Å². The van der Waals surface area contributed by atoms with Crippen LogP contribution in [0.2, 0.25) is 0 Å². The van der Waals surface area contributed by atoms with E-state index in [1.807, 2.05) is 0 Å². The van der Waals surface area contributed by atoms with Gasteiger partial charge in [0.2, 0.25) is 0 Å². The molecule has 1 aliphatic rings. The first-order valence-corrected chi connectivity index (χ1v) is 9.66. The second kappa shape index (κ2) is 6.38. The van der Waals surface area contributed by atoms with E-state index in [-0.39, 0.29) is 21.6 Å². The van der Waals surface area contributed by atoms with Crippen LogP contribution in [0, 0.1) is 0 Å². The van der Waals surface area contributed by atoms with E-state index >= 15 is 0 Å². The van der Waals surface area contributed by atoms with E-state index in [0.717, 1.165) is 6.26 Å². The third-order valence-electron chi connectivity index (χ3n) is 4.01. The number of carbonyl (C=O) groups is 3. The highest BCUT2D eigenvalue weighted by Crippen LogP contribution is 2.24. The van der Waals surface area contributed by atoms with Gasteiger partial charge in [-0.2, -0.15) is 0 Å². The smallest absolute Gasteiger partial charge is 0.324 e. The van der Waals surface area contributed by atoms with Crippen LogP contribution < -0.4 is 0 Å². The minimum atomic E-state index is -3.55. The molecule has 3 rings (SSSR count). The van der Waals surface area contributed by atoms with Crippen molar-refractivity contribution in [3.05, 3.63) is 64.7 Å². The minimum Gasteiger partial charge on any atom is -0.324 e. The van der Waals surface area contributed by atoms with Gasteiger partial charge in [-0.15, -0.1) is 0 Å². The molecule has 0 spiro atoms. The van der Waals surface area contributed by atoms with Crippen LogP contribution in [0.4, 0.5) is 0 Å². The maximum Gasteiger partial charge on any atom is 0.363 e. The van der Waals surface area contributed by atoms with Gasteiger partial charge in [0.05, 0.1) is 21.6 Å². The Balaban J connectivity index is 1.90. The zero-order valence-corrected chi connectivity index (χ0v) is 14.9. The molecule has 0 radical (unpaired) electrons. The van der Waals surface area contributed by atoms with Gasteiger partial charge >= 0.3 is 5.97 Å². The van der Waals surface area contributed by atoms with Crippen molar-refractivity contribution in [1.29, 1.82) is 0 Å². The number of fused-ring (bicyclic) bond motifs is 1. The zero-order valence-electron chi connectivity index (χ0n) is 14.1. The molecule has 8 heteroatoms. The van der Waals surface area contributed by atoms with E-state index in [9.17, 15) is 22.8 Å². The molecule has 1 aliphatic heterocycles. The molecule has 0 fully saturated rings. The van der Waals surface area contributed by atoms with E-state index in [0.29, 0.717) is 17.0 Å². The molecule has 0 bridgehead atoms. The Hall–Kier alpha value is -3.00. The molecule has 134 valence electrons. The van der Waals surface area contributed by atoms with Gasteiger partial charge in [0.25, 0.3) is 11.8 Å². The fourth-order valence-electron chi connectivity index (χ4n) is 2.70. The highest BCUT2D eigenvalue weighted by molar-refractivity contribution is 7.90. The number of amides is 2. The van der Waals surface area contributed by atoms with Crippen molar-refractivity contribution < 1.29 is 27.6 Å². The Labute approximate surface area is 150 Å². The molecule has 2 aromatic rings. The summed E-state index contributed by atoms with van der Waals surface area (Å²) in [5.41, 5.74) is 0.774. The molecule has 26 heavy (non-hydrogen) atoms. The maximum atomic E-state index is 12.4. The lowest BCUT2D eigenvalue weighted by Crippen LogP contribution is -2.32. The van der Waals surface area contributed by atoms with Crippen molar-refractivity contribution in [1.82, 2.24) is 5.06 Å². The molecule has 0 saturated carbocycles. The SMILES string of the molecule is CCc1ccc(C(=O)ON2C(=O)c3ccccc3C2=O)cc1S(C)(=O)=O. The predicted molar refractivity (Wildman–Crippen MR) is 91.3 cm³/mol. The molecule has 7 nitrogen and oxygen atoms in total. The number of carbonyl (C=O) groups excluding carboxylic acids is 3. The molecule has 0 atom stereocenters. The largest absolute Gasteiger partial charge is 0.363 e. The van der Waals surface area contributed by atoms with E-state index in [2.05, 4.69) is 0 Å². The normalized spacial score (nSPS) is 13.7. The van der Waals surface area contributed by atoms with Crippen molar-refractivity contribution in [2.45, 2.75) is 18.2 Å². The lowest BCUT2D eigenvalue weighted by Gasteiger charge is -2.14. The number of aryl methyl sites for hydroxylation is 1. The maximum absolute atomic E-state index is 12.4. The summed E-state index contributed by atoms with van der Waals surface area (Å²) in [4.78, 5) is 41.8. The number of rotatable bonds is 4. The topological polar surface area (TPSA) is 97.8 Å². The number of benzene rings is 2. The van der Waals surface area contributed by atoms with Crippen LogP contribution in [0.25, 0.3) is 0 Å². The van der Waals surface area contributed by atoms with Gasteiger partial charge in [-0.05, 0) is 36.2 Å². The van der Waals surface area contributed by atoms with E-state index in [1.54, 1.807) is 19.1 Å².